The summed E-state index contributed by atoms with van der Waals surface area (Å²) < 4.78 is 79.1. The van der Waals surface area contributed by atoms with E-state index in [2.05, 4.69) is 0 Å². The highest BCUT2D eigenvalue weighted by Gasteiger charge is 2.75. The average molecular weight is 324 g/mol. The minimum atomic E-state index is -6.45. The van der Waals surface area contributed by atoms with Gasteiger partial charge in [0.25, 0.3) is 3.79 Å². The van der Waals surface area contributed by atoms with Gasteiger partial charge in [-0.2, -0.15) is 30.7 Å². The van der Waals surface area contributed by atoms with Gasteiger partial charge in [-0.1, -0.05) is 0 Å². The SMILES string of the molecule is O=C(I)C(F)(F)C(F)(F)C(F)(F)F. The fraction of sp³-hybridized carbons (Fsp3) is 0.750. The second-order valence-electron chi connectivity index (χ2n) is 1.92. The van der Waals surface area contributed by atoms with E-state index in [4.69, 9.17) is 0 Å². The van der Waals surface area contributed by atoms with Crippen molar-refractivity contribution in [1.82, 2.24) is 0 Å². The van der Waals surface area contributed by atoms with Crippen molar-refractivity contribution in [2.24, 2.45) is 0 Å². The standard InChI is InChI=1S/C4F7IO/c5-2(6,1(12)13)3(7,8)4(9,10)11. The highest BCUT2D eigenvalue weighted by atomic mass is 127. The Hall–Kier alpha value is -0.0900. The van der Waals surface area contributed by atoms with Gasteiger partial charge >= 0.3 is 18.0 Å². The van der Waals surface area contributed by atoms with E-state index >= 15 is 0 Å². The Kier molecular flexibility index (Phi) is 3.22. The van der Waals surface area contributed by atoms with Crippen molar-refractivity contribution >= 4 is 26.4 Å². The van der Waals surface area contributed by atoms with E-state index in [0.717, 1.165) is 0 Å². The van der Waals surface area contributed by atoms with E-state index < -0.39 is 21.8 Å². The summed E-state index contributed by atoms with van der Waals surface area (Å²) in [5.74, 6) is -12.1. The first-order chi connectivity index (χ1) is 5.44. The Balaban J connectivity index is 5.16. The van der Waals surface area contributed by atoms with Crippen molar-refractivity contribution in [3.63, 3.8) is 0 Å². The molecule has 0 aliphatic rings. The second kappa shape index (κ2) is 3.24. The van der Waals surface area contributed by atoms with Crippen LogP contribution in [0.2, 0.25) is 0 Å². The molecule has 0 saturated carbocycles. The van der Waals surface area contributed by atoms with Crippen LogP contribution in [0.15, 0.2) is 0 Å². The van der Waals surface area contributed by atoms with E-state index in [9.17, 15) is 35.5 Å². The molecule has 0 spiro atoms. The topological polar surface area (TPSA) is 17.1 Å². The molecule has 9 heteroatoms. The Morgan fingerprint density at radius 1 is 0.923 bits per heavy atom. The smallest absolute Gasteiger partial charge is 0.281 e. The summed E-state index contributed by atoms with van der Waals surface area (Å²) in [6.45, 7) is 0. The quantitative estimate of drug-likeness (QED) is 0.434. The number of carbonyl (C=O) groups is 1. The van der Waals surface area contributed by atoms with Gasteiger partial charge in [0.05, 0.1) is 0 Å². The van der Waals surface area contributed by atoms with E-state index in [1.54, 1.807) is 0 Å². The van der Waals surface area contributed by atoms with Crippen molar-refractivity contribution < 1.29 is 35.5 Å². The second-order valence-corrected chi connectivity index (χ2v) is 2.90. The molecule has 78 valence electrons. The molecular formula is C4F7IO. The van der Waals surface area contributed by atoms with Crippen LogP contribution in [0, 0.1) is 0 Å². The predicted octanol–water partition coefficient (Wildman–Crippen LogP) is 2.78. The largest absolute Gasteiger partial charge is 0.460 e. The molecule has 0 amide bonds. The zero-order valence-corrected chi connectivity index (χ0v) is 7.59. The molecule has 13 heavy (non-hydrogen) atoms. The van der Waals surface area contributed by atoms with Gasteiger partial charge in [-0.25, -0.2) is 0 Å². The molecule has 0 bridgehead atoms. The first kappa shape index (κ1) is 12.9. The number of hydrogen-bond acceptors (Lipinski definition) is 1. The molecule has 0 unspecified atom stereocenters. The fourth-order valence-electron chi connectivity index (χ4n) is 0.301. The molecule has 0 aliphatic carbocycles. The Morgan fingerprint density at radius 2 is 1.23 bits per heavy atom. The maximum Gasteiger partial charge on any atom is 0.460 e. The van der Waals surface area contributed by atoms with Crippen molar-refractivity contribution in [2.75, 3.05) is 0 Å². The lowest BCUT2D eigenvalue weighted by atomic mass is 10.2. The lowest BCUT2D eigenvalue weighted by Gasteiger charge is -2.25. The van der Waals surface area contributed by atoms with E-state index in [-0.39, 0.29) is 22.6 Å². The van der Waals surface area contributed by atoms with Crippen LogP contribution in [-0.4, -0.2) is 21.8 Å². The summed E-state index contributed by atoms with van der Waals surface area (Å²) in [5, 5.41) is 0. The number of hydrogen-bond donors (Lipinski definition) is 0. The third kappa shape index (κ3) is 2.05. The number of halogens is 8. The molecule has 0 radical (unpaired) electrons. The van der Waals surface area contributed by atoms with Crippen molar-refractivity contribution in [1.29, 1.82) is 0 Å². The van der Waals surface area contributed by atoms with Crippen molar-refractivity contribution in [3.05, 3.63) is 0 Å². The molecule has 0 atom stereocenters. The van der Waals surface area contributed by atoms with Crippen LogP contribution in [0.4, 0.5) is 30.7 Å². The minimum Gasteiger partial charge on any atom is -0.281 e. The first-order valence-corrected chi connectivity index (χ1v) is 3.54. The maximum atomic E-state index is 12.0. The summed E-state index contributed by atoms with van der Waals surface area (Å²) in [6.07, 6.45) is -6.45. The molecule has 0 aromatic rings. The van der Waals surface area contributed by atoms with Gasteiger partial charge in [0.1, 0.15) is 0 Å². The fourth-order valence-corrected chi connectivity index (χ4v) is 0.640. The number of carbonyl (C=O) groups excluding carboxylic acids is 1. The van der Waals surface area contributed by atoms with Gasteiger partial charge in [-0.05, 0) is 0 Å². The number of alkyl halides is 7. The third-order valence-electron chi connectivity index (χ3n) is 0.997. The van der Waals surface area contributed by atoms with Crippen LogP contribution in [-0.2, 0) is 4.79 Å². The van der Waals surface area contributed by atoms with Gasteiger partial charge in [0.2, 0.25) is 0 Å². The minimum absolute atomic E-state index is 0.182. The van der Waals surface area contributed by atoms with E-state index in [1.807, 2.05) is 0 Å². The van der Waals surface area contributed by atoms with E-state index in [0.29, 0.717) is 0 Å². The zero-order chi connectivity index (χ0) is 11.1. The van der Waals surface area contributed by atoms with Crippen LogP contribution >= 0.6 is 22.6 Å². The van der Waals surface area contributed by atoms with Gasteiger partial charge in [0, 0.05) is 22.6 Å². The zero-order valence-electron chi connectivity index (χ0n) is 5.43. The van der Waals surface area contributed by atoms with E-state index in [1.165, 1.54) is 0 Å². The highest BCUT2D eigenvalue weighted by molar-refractivity contribution is 14.1. The molecular weight excluding hydrogens is 324 g/mol. The molecule has 0 N–H and O–H groups in total. The molecule has 0 aromatic heterocycles. The molecule has 0 saturated heterocycles. The lowest BCUT2D eigenvalue weighted by molar-refractivity contribution is -0.341. The molecule has 0 aromatic carbocycles. The van der Waals surface area contributed by atoms with Crippen LogP contribution in [0.25, 0.3) is 0 Å². The lowest BCUT2D eigenvalue weighted by Crippen LogP contribution is -2.54. The monoisotopic (exact) mass is 324 g/mol. The van der Waals surface area contributed by atoms with Gasteiger partial charge in [-0.3, -0.25) is 4.79 Å². The Bertz CT molecular complexity index is 219. The Morgan fingerprint density at radius 3 is 1.31 bits per heavy atom. The highest BCUT2D eigenvalue weighted by Crippen LogP contribution is 2.47. The number of rotatable bonds is 2. The van der Waals surface area contributed by atoms with Crippen molar-refractivity contribution in [3.8, 4) is 0 Å². The van der Waals surface area contributed by atoms with Crippen LogP contribution in [0.5, 0.6) is 0 Å². The molecule has 0 rings (SSSR count). The maximum absolute atomic E-state index is 12.0. The van der Waals surface area contributed by atoms with Crippen molar-refractivity contribution in [2.45, 2.75) is 18.0 Å². The van der Waals surface area contributed by atoms with Gasteiger partial charge in [0.15, 0.2) is 0 Å². The van der Waals surface area contributed by atoms with Gasteiger partial charge in [-0.15, -0.1) is 0 Å². The van der Waals surface area contributed by atoms with Crippen LogP contribution in [0.3, 0.4) is 0 Å². The average Bonchev–Trinajstić information content (AvgIpc) is 1.84. The summed E-state index contributed by atoms with van der Waals surface area (Å²) in [4.78, 5) is 9.82. The molecule has 0 heterocycles. The summed E-state index contributed by atoms with van der Waals surface area (Å²) >= 11 is 0.182. The third-order valence-corrected chi connectivity index (χ3v) is 1.67. The van der Waals surface area contributed by atoms with Gasteiger partial charge < -0.3 is 0 Å². The summed E-state index contributed by atoms with van der Waals surface area (Å²) in [7, 11) is 0. The predicted molar refractivity (Wildman–Crippen MR) is 35.0 cm³/mol. The summed E-state index contributed by atoms with van der Waals surface area (Å²) in [6, 6.07) is 0. The first-order valence-electron chi connectivity index (χ1n) is 2.47. The van der Waals surface area contributed by atoms with Crippen LogP contribution in [0.1, 0.15) is 0 Å². The summed E-state index contributed by atoms with van der Waals surface area (Å²) in [5.41, 5.74) is 0. The normalized spacial score (nSPS) is 14.5. The molecule has 0 fully saturated rings. The molecule has 1 nitrogen and oxygen atoms in total. The molecule has 0 aliphatic heterocycles. The van der Waals surface area contributed by atoms with Crippen LogP contribution < -0.4 is 0 Å². The Labute approximate surface area is 80.4 Å².